The Hall–Kier alpha value is -2.88. The third kappa shape index (κ3) is 2.63. The minimum Gasteiger partial charge on any atom is -0.505 e. The summed E-state index contributed by atoms with van der Waals surface area (Å²) in [6.07, 6.45) is 1.59. The molecule has 0 fully saturated rings. The van der Waals surface area contributed by atoms with Crippen molar-refractivity contribution in [1.29, 1.82) is 0 Å². The molecule has 0 unspecified atom stereocenters. The predicted molar refractivity (Wildman–Crippen MR) is 87.3 cm³/mol. The zero-order valence-corrected chi connectivity index (χ0v) is 12.4. The molecule has 0 radical (unpaired) electrons. The van der Waals surface area contributed by atoms with Gasteiger partial charge in [0.25, 0.3) is 5.91 Å². The number of anilines is 1. The molecule has 1 aromatic heterocycles. The minimum absolute atomic E-state index is 0.0972. The molecule has 0 aliphatic carbocycles. The lowest BCUT2D eigenvalue weighted by atomic mass is 10.1. The molecule has 4 heteroatoms. The molecule has 3 rings (SSSR count). The molecule has 2 aromatic carbocycles. The van der Waals surface area contributed by atoms with Crippen LogP contribution in [0, 0.1) is 13.8 Å². The van der Waals surface area contributed by atoms with Gasteiger partial charge < -0.3 is 10.4 Å². The minimum atomic E-state index is -0.352. The molecular weight excluding hydrogens is 276 g/mol. The topological polar surface area (TPSA) is 62.2 Å². The summed E-state index contributed by atoms with van der Waals surface area (Å²) in [7, 11) is 0. The number of nitrogens with one attached hydrogen (secondary N) is 1. The standard InChI is InChI=1S/C18H16N2O2/c1-11-8-12(2)10-14(9-11)20-18(22)15-6-5-13-4-3-7-19-16(13)17(15)21/h3-10,21H,1-2H3,(H,20,22). The van der Waals surface area contributed by atoms with Crippen LogP contribution in [0.5, 0.6) is 5.75 Å². The number of benzene rings is 2. The molecule has 110 valence electrons. The summed E-state index contributed by atoms with van der Waals surface area (Å²) in [5.41, 5.74) is 3.49. The van der Waals surface area contributed by atoms with E-state index in [1.807, 2.05) is 38.1 Å². The molecular formula is C18H16N2O2. The number of carbonyl (C=O) groups is 1. The van der Waals surface area contributed by atoms with Crippen molar-refractivity contribution in [2.24, 2.45) is 0 Å². The summed E-state index contributed by atoms with van der Waals surface area (Å²) in [6, 6.07) is 12.8. The quantitative estimate of drug-likeness (QED) is 0.755. The van der Waals surface area contributed by atoms with E-state index >= 15 is 0 Å². The molecule has 0 spiro atoms. The van der Waals surface area contributed by atoms with Crippen molar-refractivity contribution in [3.05, 3.63) is 65.4 Å². The smallest absolute Gasteiger partial charge is 0.259 e. The lowest BCUT2D eigenvalue weighted by molar-refractivity contribution is 0.102. The highest BCUT2D eigenvalue weighted by Crippen LogP contribution is 2.27. The summed E-state index contributed by atoms with van der Waals surface area (Å²) in [4.78, 5) is 16.5. The molecule has 1 amide bonds. The Morgan fingerprint density at radius 2 is 1.82 bits per heavy atom. The van der Waals surface area contributed by atoms with Crippen LogP contribution in [0.4, 0.5) is 5.69 Å². The SMILES string of the molecule is Cc1cc(C)cc(NC(=O)c2ccc3cccnc3c2O)c1. The first kappa shape index (κ1) is 14.1. The van der Waals surface area contributed by atoms with E-state index in [4.69, 9.17) is 0 Å². The van der Waals surface area contributed by atoms with Gasteiger partial charge in [0.1, 0.15) is 5.52 Å². The lowest BCUT2D eigenvalue weighted by Crippen LogP contribution is -2.12. The van der Waals surface area contributed by atoms with E-state index in [2.05, 4.69) is 10.3 Å². The van der Waals surface area contributed by atoms with Crippen LogP contribution in [-0.4, -0.2) is 16.0 Å². The fraction of sp³-hybridized carbons (Fsp3) is 0.111. The fourth-order valence-electron chi connectivity index (χ4n) is 2.56. The molecule has 4 nitrogen and oxygen atoms in total. The van der Waals surface area contributed by atoms with Gasteiger partial charge in [0.2, 0.25) is 0 Å². The molecule has 0 saturated carbocycles. The van der Waals surface area contributed by atoms with Crippen LogP contribution in [0.3, 0.4) is 0 Å². The van der Waals surface area contributed by atoms with Crippen molar-refractivity contribution in [2.45, 2.75) is 13.8 Å². The van der Waals surface area contributed by atoms with Gasteiger partial charge in [0.15, 0.2) is 5.75 Å². The highest BCUT2D eigenvalue weighted by atomic mass is 16.3. The third-order valence-corrected chi connectivity index (χ3v) is 3.47. The van der Waals surface area contributed by atoms with Crippen LogP contribution in [-0.2, 0) is 0 Å². The molecule has 0 atom stereocenters. The van der Waals surface area contributed by atoms with Crippen LogP contribution < -0.4 is 5.32 Å². The number of aromatic hydroxyl groups is 1. The zero-order chi connectivity index (χ0) is 15.7. The fourth-order valence-corrected chi connectivity index (χ4v) is 2.56. The van der Waals surface area contributed by atoms with Gasteiger partial charge >= 0.3 is 0 Å². The molecule has 0 aliphatic rings. The Kier molecular flexibility index (Phi) is 3.51. The summed E-state index contributed by atoms with van der Waals surface area (Å²) < 4.78 is 0. The number of fused-ring (bicyclic) bond motifs is 1. The van der Waals surface area contributed by atoms with Crippen molar-refractivity contribution in [3.63, 3.8) is 0 Å². The highest BCUT2D eigenvalue weighted by Gasteiger charge is 2.14. The summed E-state index contributed by atoms with van der Waals surface area (Å²) in [5, 5.41) is 13.9. The molecule has 0 saturated heterocycles. The largest absolute Gasteiger partial charge is 0.505 e. The maximum absolute atomic E-state index is 12.4. The number of aromatic nitrogens is 1. The Morgan fingerprint density at radius 1 is 1.09 bits per heavy atom. The number of phenolic OH excluding ortho intramolecular Hbond substituents is 1. The highest BCUT2D eigenvalue weighted by molar-refractivity contribution is 6.09. The number of amides is 1. The predicted octanol–water partition coefficient (Wildman–Crippen LogP) is 3.81. The second-order valence-electron chi connectivity index (χ2n) is 5.37. The zero-order valence-electron chi connectivity index (χ0n) is 12.4. The third-order valence-electron chi connectivity index (χ3n) is 3.47. The van der Waals surface area contributed by atoms with Gasteiger partial charge in [0.05, 0.1) is 5.56 Å². The maximum Gasteiger partial charge on any atom is 0.259 e. The Balaban J connectivity index is 1.97. The first-order chi connectivity index (χ1) is 10.5. The first-order valence-electron chi connectivity index (χ1n) is 7.01. The maximum atomic E-state index is 12.4. The van der Waals surface area contributed by atoms with E-state index in [1.165, 1.54) is 0 Å². The van der Waals surface area contributed by atoms with Crippen LogP contribution in [0.1, 0.15) is 21.5 Å². The summed E-state index contributed by atoms with van der Waals surface area (Å²) in [6.45, 7) is 3.94. The van der Waals surface area contributed by atoms with Crippen molar-refractivity contribution < 1.29 is 9.90 Å². The van der Waals surface area contributed by atoms with Gasteiger partial charge in [0, 0.05) is 17.3 Å². The first-order valence-corrected chi connectivity index (χ1v) is 7.01. The number of rotatable bonds is 2. The molecule has 0 aliphatic heterocycles. The lowest BCUT2D eigenvalue weighted by Gasteiger charge is -2.10. The van der Waals surface area contributed by atoms with E-state index in [0.717, 1.165) is 16.5 Å². The average molecular weight is 292 g/mol. The van der Waals surface area contributed by atoms with E-state index in [1.54, 1.807) is 24.4 Å². The van der Waals surface area contributed by atoms with Crippen molar-refractivity contribution in [2.75, 3.05) is 5.32 Å². The molecule has 1 heterocycles. The average Bonchev–Trinajstić information content (AvgIpc) is 2.46. The van der Waals surface area contributed by atoms with Gasteiger partial charge in [-0.05, 0) is 49.2 Å². The van der Waals surface area contributed by atoms with Crippen molar-refractivity contribution in [3.8, 4) is 5.75 Å². The molecule has 2 N–H and O–H groups in total. The van der Waals surface area contributed by atoms with Gasteiger partial charge in [-0.1, -0.05) is 18.2 Å². The summed E-state index contributed by atoms with van der Waals surface area (Å²) in [5.74, 6) is -0.449. The van der Waals surface area contributed by atoms with Crippen LogP contribution in [0.2, 0.25) is 0 Å². The van der Waals surface area contributed by atoms with E-state index in [0.29, 0.717) is 11.2 Å². The normalized spacial score (nSPS) is 10.6. The monoisotopic (exact) mass is 292 g/mol. The van der Waals surface area contributed by atoms with Gasteiger partial charge in [-0.3, -0.25) is 9.78 Å². The Labute approximate surface area is 128 Å². The summed E-state index contributed by atoms with van der Waals surface area (Å²) >= 11 is 0. The molecule has 3 aromatic rings. The number of hydrogen-bond donors (Lipinski definition) is 2. The number of nitrogens with zero attached hydrogens (tertiary/aromatic N) is 1. The van der Waals surface area contributed by atoms with Crippen LogP contribution in [0.15, 0.2) is 48.7 Å². The molecule has 22 heavy (non-hydrogen) atoms. The van der Waals surface area contributed by atoms with Gasteiger partial charge in [-0.2, -0.15) is 0 Å². The number of phenols is 1. The van der Waals surface area contributed by atoms with Crippen molar-refractivity contribution >= 4 is 22.5 Å². The second kappa shape index (κ2) is 5.48. The van der Waals surface area contributed by atoms with E-state index in [-0.39, 0.29) is 17.2 Å². The van der Waals surface area contributed by atoms with E-state index in [9.17, 15) is 9.90 Å². The second-order valence-corrected chi connectivity index (χ2v) is 5.37. The number of carbonyl (C=O) groups excluding carboxylic acids is 1. The Morgan fingerprint density at radius 3 is 2.55 bits per heavy atom. The number of hydrogen-bond acceptors (Lipinski definition) is 3. The van der Waals surface area contributed by atoms with Gasteiger partial charge in [-0.25, -0.2) is 0 Å². The van der Waals surface area contributed by atoms with Crippen molar-refractivity contribution in [1.82, 2.24) is 4.98 Å². The van der Waals surface area contributed by atoms with Crippen LogP contribution in [0.25, 0.3) is 10.9 Å². The number of aryl methyl sites for hydroxylation is 2. The number of pyridine rings is 1. The van der Waals surface area contributed by atoms with Gasteiger partial charge in [-0.15, -0.1) is 0 Å². The Bertz CT molecular complexity index is 852. The molecule has 0 bridgehead atoms. The van der Waals surface area contributed by atoms with E-state index < -0.39 is 0 Å². The van der Waals surface area contributed by atoms with Crippen LogP contribution >= 0.6 is 0 Å².